The summed E-state index contributed by atoms with van der Waals surface area (Å²) in [5, 5.41) is 0.585. The lowest BCUT2D eigenvalue weighted by Gasteiger charge is -2.10. The van der Waals surface area contributed by atoms with Crippen molar-refractivity contribution in [3.63, 3.8) is 0 Å². The van der Waals surface area contributed by atoms with Crippen molar-refractivity contribution in [2.75, 3.05) is 0 Å². The minimum atomic E-state index is -1.37. The van der Waals surface area contributed by atoms with E-state index in [4.69, 9.17) is 11.6 Å². The molecule has 0 aromatic carbocycles. The third kappa shape index (κ3) is 3.37. The van der Waals surface area contributed by atoms with E-state index in [2.05, 4.69) is 36.1 Å². The summed E-state index contributed by atoms with van der Waals surface area (Å²) in [5.74, 6) is 3.33. The van der Waals surface area contributed by atoms with E-state index in [0.717, 1.165) is 18.4 Å². The van der Waals surface area contributed by atoms with Gasteiger partial charge in [0, 0.05) is 6.20 Å². The molecule has 0 saturated heterocycles. The van der Waals surface area contributed by atoms with Crippen LogP contribution in [0.25, 0.3) is 0 Å². The van der Waals surface area contributed by atoms with Crippen molar-refractivity contribution < 1.29 is 0 Å². The highest BCUT2D eigenvalue weighted by molar-refractivity contribution is 6.83. The molecule has 0 amide bonds. The molecule has 0 fully saturated rings. The van der Waals surface area contributed by atoms with Crippen molar-refractivity contribution in [1.29, 1.82) is 0 Å². The van der Waals surface area contributed by atoms with E-state index in [1.54, 1.807) is 0 Å². The number of halogens is 1. The molecule has 0 saturated carbocycles. The van der Waals surface area contributed by atoms with Gasteiger partial charge in [-0.25, -0.2) is 4.98 Å². The van der Waals surface area contributed by atoms with Gasteiger partial charge in [0.1, 0.15) is 13.2 Å². The first-order valence-electron chi connectivity index (χ1n) is 6.67. The van der Waals surface area contributed by atoms with Gasteiger partial charge in [-0.3, -0.25) is 0 Å². The predicted octanol–water partition coefficient (Wildman–Crippen LogP) is 4.23. The minimum absolute atomic E-state index is 0.585. The standard InChI is InChI=1S/C15H20ClNSi/c1-18(2,3)10-9-14-13-8-6-4-5-7-12(13)11-17-15(14)16/h11H,4-8H2,1-3H3. The monoisotopic (exact) mass is 277 g/mol. The Balaban J connectivity index is 2.48. The first-order valence-corrected chi connectivity index (χ1v) is 10.5. The number of fused-ring (bicyclic) bond motifs is 1. The molecule has 1 nitrogen and oxygen atoms in total. The van der Waals surface area contributed by atoms with Crippen LogP contribution in [0.3, 0.4) is 0 Å². The topological polar surface area (TPSA) is 12.9 Å². The average Bonchev–Trinajstić information content (AvgIpc) is 2.51. The molecule has 1 heterocycles. The first kappa shape index (κ1) is 13.6. The van der Waals surface area contributed by atoms with Crippen LogP contribution in [0.5, 0.6) is 0 Å². The average molecular weight is 278 g/mol. The van der Waals surface area contributed by atoms with Gasteiger partial charge < -0.3 is 0 Å². The quantitative estimate of drug-likeness (QED) is 0.299. The minimum Gasteiger partial charge on any atom is -0.243 e. The van der Waals surface area contributed by atoms with Crippen LogP contribution in [-0.4, -0.2) is 13.1 Å². The molecule has 18 heavy (non-hydrogen) atoms. The Kier molecular flexibility index (Phi) is 4.14. The van der Waals surface area contributed by atoms with Crippen molar-refractivity contribution in [3.05, 3.63) is 28.0 Å². The van der Waals surface area contributed by atoms with Gasteiger partial charge in [0.25, 0.3) is 0 Å². The molecule has 1 aromatic rings. The molecule has 0 bridgehead atoms. The van der Waals surface area contributed by atoms with Crippen LogP contribution in [-0.2, 0) is 12.8 Å². The number of hydrogen-bond donors (Lipinski definition) is 0. The molecular weight excluding hydrogens is 258 g/mol. The highest BCUT2D eigenvalue weighted by Crippen LogP contribution is 2.26. The summed E-state index contributed by atoms with van der Waals surface area (Å²) < 4.78 is 0. The van der Waals surface area contributed by atoms with Gasteiger partial charge >= 0.3 is 0 Å². The fraction of sp³-hybridized carbons (Fsp3) is 0.533. The second kappa shape index (κ2) is 5.46. The zero-order valence-corrected chi connectivity index (χ0v) is 13.2. The van der Waals surface area contributed by atoms with Gasteiger partial charge in [0.05, 0.1) is 5.56 Å². The molecule has 0 atom stereocenters. The number of aryl methyl sites for hydroxylation is 1. The summed E-state index contributed by atoms with van der Waals surface area (Å²) in [6.45, 7) is 6.76. The Morgan fingerprint density at radius 2 is 1.89 bits per heavy atom. The van der Waals surface area contributed by atoms with Crippen LogP contribution < -0.4 is 0 Å². The maximum Gasteiger partial charge on any atom is 0.144 e. The van der Waals surface area contributed by atoms with Gasteiger partial charge in [-0.15, -0.1) is 5.54 Å². The second-order valence-electron chi connectivity index (χ2n) is 5.99. The maximum absolute atomic E-state index is 6.25. The van der Waals surface area contributed by atoms with Crippen LogP contribution >= 0.6 is 11.6 Å². The normalized spacial score (nSPS) is 15.3. The molecule has 3 heteroatoms. The van der Waals surface area contributed by atoms with Crippen molar-refractivity contribution in [2.45, 2.75) is 51.7 Å². The summed E-state index contributed by atoms with van der Waals surface area (Å²) in [7, 11) is -1.37. The lowest BCUT2D eigenvalue weighted by Crippen LogP contribution is -2.16. The summed E-state index contributed by atoms with van der Waals surface area (Å²) >= 11 is 6.25. The lowest BCUT2D eigenvalue weighted by atomic mass is 10.0. The second-order valence-corrected chi connectivity index (χ2v) is 11.1. The van der Waals surface area contributed by atoms with Crippen LogP contribution in [0.2, 0.25) is 24.8 Å². The Labute approximate surface area is 116 Å². The van der Waals surface area contributed by atoms with Crippen molar-refractivity contribution >= 4 is 19.7 Å². The summed E-state index contributed by atoms with van der Waals surface area (Å²) in [6.07, 6.45) is 7.98. The lowest BCUT2D eigenvalue weighted by molar-refractivity contribution is 0.711. The summed E-state index contributed by atoms with van der Waals surface area (Å²) in [6, 6.07) is 0. The van der Waals surface area contributed by atoms with Crippen LogP contribution in [0.4, 0.5) is 0 Å². The van der Waals surface area contributed by atoms with E-state index >= 15 is 0 Å². The maximum atomic E-state index is 6.25. The van der Waals surface area contributed by atoms with E-state index in [1.807, 2.05) is 6.20 Å². The summed E-state index contributed by atoms with van der Waals surface area (Å²) in [4.78, 5) is 4.31. The molecular formula is C15H20ClNSi. The molecule has 0 radical (unpaired) electrons. The molecule has 0 spiro atoms. The number of nitrogens with zero attached hydrogens (tertiary/aromatic N) is 1. The highest BCUT2D eigenvalue weighted by atomic mass is 35.5. The zero-order valence-electron chi connectivity index (χ0n) is 11.4. The molecule has 0 unspecified atom stereocenters. The smallest absolute Gasteiger partial charge is 0.144 e. The van der Waals surface area contributed by atoms with Crippen LogP contribution in [0.15, 0.2) is 6.20 Å². The Hall–Kier alpha value is -0.783. The fourth-order valence-electron chi connectivity index (χ4n) is 2.23. The third-order valence-corrected chi connectivity index (χ3v) is 4.33. The van der Waals surface area contributed by atoms with Gasteiger partial charge in [-0.05, 0) is 36.8 Å². The number of rotatable bonds is 0. The van der Waals surface area contributed by atoms with Gasteiger partial charge in [-0.2, -0.15) is 0 Å². The largest absolute Gasteiger partial charge is 0.243 e. The van der Waals surface area contributed by atoms with Crippen molar-refractivity contribution in [3.8, 4) is 11.5 Å². The van der Waals surface area contributed by atoms with Gasteiger partial charge in [0.2, 0.25) is 0 Å². The van der Waals surface area contributed by atoms with Crippen molar-refractivity contribution in [2.24, 2.45) is 0 Å². The number of aromatic nitrogens is 1. The first-order chi connectivity index (χ1) is 8.47. The Bertz CT molecular complexity index is 506. The third-order valence-electron chi connectivity index (χ3n) is 3.16. The molecule has 0 N–H and O–H groups in total. The molecule has 1 aliphatic rings. The van der Waals surface area contributed by atoms with Crippen molar-refractivity contribution in [1.82, 2.24) is 4.98 Å². The molecule has 2 rings (SSSR count). The van der Waals surface area contributed by atoms with E-state index in [-0.39, 0.29) is 0 Å². The van der Waals surface area contributed by atoms with E-state index in [0.29, 0.717) is 5.15 Å². The number of hydrogen-bond acceptors (Lipinski definition) is 1. The van der Waals surface area contributed by atoms with E-state index in [1.165, 1.54) is 30.4 Å². The number of pyridine rings is 1. The highest BCUT2D eigenvalue weighted by Gasteiger charge is 2.15. The predicted molar refractivity (Wildman–Crippen MR) is 80.7 cm³/mol. The molecule has 1 aromatic heterocycles. The zero-order chi connectivity index (χ0) is 13.2. The van der Waals surface area contributed by atoms with Crippen LogP contribution in [0, 0.1) is 11.5 Å². The van der Waals surface area contributed by atoms with Gasteiger partial charge in [-0.1, -0.05) is 43.6 Å². The molecule has 96 valence electrons. The van der Waals surface area contributed by atoms with Gasteiger partial charge in [0.15, 0.2) is 0 Å². The van der Waals surface area contributed by atoms with E-state index in [9.17, 15) is 0 Å². The SMILES string of the molecule is C[Si](C)(C)C#Cc1c(Cl)ncc2c1CCCCC2. The summed E-state index contributed by atoms with van der Waals surface area (Å²) in [5.41, 5.74) is 7.13. The van der Waals surface area contributed by atoms with Crippen LogP contribution in [0.1, 0.15) is 36.0 Å². The Morgan fingerprint density at radius 1 is 1.17 bits per heavy atom. The molecule has 1 aliphatic carbocycles. The Morgan fingerprint density at radius 3 is 2.61 bits per heavy atom. The van der Waals surface area contributed by atoms with E-state index < -0.39 is 8.07 Å². The fourth-order valence-corrected chi connectivity index (χ4v) is 2.94. The molecule has 0 aliphatic heterocycles.